The fourth-order valence-electron chi connectivity index (χ4n) is 2.81. The second-order valence-electron chi connectivity index (χ2n) is 6.12. The molecule has 4 N–H and O–H groups in total. The van der Waals surface area contributed by atoms with Crippen LogP contribution in [0.2, 0.25) is 0 Å². The lowest BCUT2D eigenvalue weighted by molar-refractivity contribution is -0.115. The van der Waals surface area contributed by atoms with Gasteiger partial charge >= 0.3 is 0 Å². The number of para-hydroxylation sites is 2. The summed E-state index contributed by atoms with van der Waals surface area (Å²) in [6.07, 6.45) is 0. The van der Waals surface area contributed by atoms with Crippen molar-refractivity contribution in [1.29, 1.82) is 0 Å². The number of aromatic nitrogens is 4. The van der Waals surface area contributed by atoms with E-state index in [1.54, 1.807) is 31.2 Å². The molecule has 0 radical (unpaired) electrons. The fourth-order valence-corrected chi connectivity index (χ4v) is 3.52. The molecule has 0 aliphatic rings. The predicted molar refractivity (Wildman–Crippen MR) is 108 cm³/mol. The summed E-state index contributed by atoms with van der Waals surface area (Å²) in [6, 6.07) is 14.3. The Morgan fingerprint density at radius 2 is 1.86 bits per heavy atom. The van der Waals surface area contributed by atoms with Crippen molar-refractivity contribution in [2.45, 2.75) is 17.3 Å². The molecule has 0 aliphatic carbocycles. The smallest absolute Gasteiger partial charge is 0.250 e. The van der Waals surface area contributed by atoms with Gasteiger partial charge in [-0.2, -0.15) is 0 Å². The Kier molecular flexibility index (Phi) is 4.66. The molecular weight excluding hydrogens is 376 g/mol. The number of carbonyl (C=O) groups is 2. The molecule has 8 nitrogen and oxygen atoms in total. The van der Waals surface area contributed by atoms with Crippen molar-refractivity contribution in [3.63, 3.8) is 0 Å². The Bertz CT molecular complexity index is 1210. The van der Waals surface area contributed by atoms with Gasteiger partial charge in [-0.1, -0.05) is 42.1 Å². The number of hydrogen-bond donors (Lipinski definition) is 3. The number of thioether (sulfide) groups is 1. The molecule has 0 fully saturated rings. The van der Waals surface area contributed by atoms with Crippen LogP contribution in [0.25, 0.3) is 22.1 Å². The third-order valence-corrected chi connectivity index (χ3v) is 5.16. The van der Waals surface area contributed by atoms with Gasteiger partial charge in [-0.3, -0.25) is 9.59 Å². The number of H-pyrrole nitrogens is 1. The summed E-state index contributed by atoms with van der Waals surface area (Å²) >= 11 is 1.18. The summed E-state index contributed by atoms with van der Waals surface area (Å²) in [4.78, 5) is 31.7. The van der Waals surface area contributed by atoms with E-state index in [0.29, 0.717) is 22.0 Å². The van der Waals surface area contributed by atoms with E-state index in [1.165, 1.54) is 11.8 Å². The van der Waals surface area contributed by atoms with Gasteiger partial charge in [0.05, 0.1) is 16.5 Å². The standard InChI is InChI=1S/C19H16N6O2S/c1-10(18(27)22-14-9-5-3-7-12(14)16(20)26)28-19-23-17-15(24-25-19)11-6-2-4-8-13(11)21-17/h2-10H,1H3,(H2,20,26)(H,22,27)(H,21,23,25). The monoisotopic (exact) mass is 392 g/mol. The van der Waals surface area contributed by atoms with E-state index in [-0.39, 0.29) is 11.5 Å². The first-order chi connectivity index (χ1) is 13.5. The Hall–Kier alpha value is -3.46. The number of primary amides is 1. The van der Waals surface area contributed by atoms with Crippen molar-refractivity contribution in [2.75, 3.05) is 5.32 Å². The summed E-state index contributed by atoms with van der Waals surface area (Å²) in [5, 5.41) is 11.9. The van der Waals surface area contributed by atoms with Crippen molar-refractivity contribution in [3.8, 4) is 0 Å². The maximum atomic E-state index is 12.5. The second-order valence-corrected chi connectivity index (χ2v) is 7.43. The Morgan fingerprint density at radius 3 is 2.68 bits per heavy atom. The highest BCUT2D eigenvalue weighted by Gasteiger charge is 2.19. The molecule has 1 atom stereocenters. The molecule has 2 heterocycles. The van der Waals surface area contributed by atoms with Crippen LogP contribution in [0.3, 0.4) is 0 Å². The van der Waals surface area contributed by atoms with Crippen molar-refractivity contribution >= 4 is 51.3 Å². The average Bonchev–Trinajstić information content (AvgIpc) is 3.06. The maximum absolute atomic E-state index is 12.5. The average molecular weight is 392 g/mol. The van der Waals surface area contributed by atoms with E-state index in [0.717, 1.165) is 10.9 Å². The zero-order valence-electron chi connectivity index (χ0n) is 14.8. The number of hydrogen-bond acceptors (Lipinski definition) is 6. The van der Waals surface area contributed by atoms with E-state index in [9.17, 15) is 9.59 Å². The van der Waals surface area contributed by atoms with E-state index in [4.69, 9.17) is 5.73 Å². The van der Waals surface area contributed by atoms with E-state index in [2.05, 4.69) is 25.5 Å². The van der Waals surface area contributed by atoms with Gasteiger partial charge in [0.2, 0.25) is 11.1 Å². The molecule has 0 spiro atoms. The molecule has 0 saturated heterocycles. The van der Waals surface area contributed by atoms with E-state index < -0.39 is 11.2 Å². The molecule has 4 aromatic rings. The first kappa shape index (κ1) is 17.9. The van der Waals surface area contributed by atoms with Gasteiger partial charge < -0.3 is 16.0 Å². The van der Waals surface area contributed by atoms with Crippen LogP contribution in [0.1, 0.15) is 17.3 Å². The lowest BCUT2D eigenvalue weighted by Gasteiger charge is -2.12. The number of benzene rings is 2. The Morgan fingerprint density at radius 1 is 1.11 bits per heavy atom. The van der Waals surface area contributed by atoms with Crippen LogP contribution in [-0.4, -0.2) is 37.2 Å². The number of carbonyl (C=O) groups excluding carboxylic acids is 2. The number of amides is 2. The number of anilines is 1. The summed E-state index contributed by atoms with van der Waals surface area (Å²) < 4.78 is 0. The van der Waals surface area contributed by atoms with Crippen LogP contribution in [0.4, 0.5) is 5.69 Å². The number of nitrogens with zero attached hydrogens (tertiary/aromatic N) is 3. The van der Waals surface area contributed by atoms with Gasteiger partial charge in [0.25, 0.3) is 5.91 Å². The Balaban J connectivity index is 1.53. The maximum Gasteiger partial charge on any atom is 0.250 e. The lowest BCUT2D eigenvalue weighted by Crippen LogP contribution is -2.25. The minimum absolute atomic E-state index is 0.255. The third kappa shape index (κ3) is 3.39. The summed E-state index contributed by atoms with van der Waals surface area (Å²) in [5.74, 6) is -0.896. The largest absolute Gasteiger partial charge is 0.366 e. The van der Waals surface area contributed by atoms with Gasteiger partial charge in [0.1, 0.15) is 5.52 Å². The van der Waals surface area contributed by atoms with Crippen molar-refractivity contribution in [1.82, 2.24) is 20.2 Å². The van der Waals surface area contributed by atoms with Gasteiger partial charge in [-0.05, 0) is 25.1 Å². The molecule has 140 valence electrons. The molecule has 1 unspecified atom stereocenters. The highest BCUT2D eigenvalue weighted by molar-refractivity contribution is 8.00. The van der Waals surface area contributed by atoms with Crippen molar-refractivity contribution < 1.29 is 9.59 Å². The molecule has 9 heteroatoms. The molecule has 0 bridgehead atoms. The Labute approximate surface area is 163 Å². The molecule has 2 amide bonds. The minimum atomic E-state index is -0.604. The SMILES string of the molecule is CC(Sc1nnc2c(n1)[nH]c1ccccc12)C(=O)Nc1ccccc1C(N)=O. The van der Waals surface area contributed by atoms with E-state index in [1.807, 2.05) is 24.3 Å². The van der Waals surface area contributed by atoms with Crippen LogP contribution < -0.4 is 11.1 Å². The topological polar surface area (TPSA) is 127 Å². The number of rotatable bonds is 5. The molecule has 28 heavy (non-hydrogen) atoms. The van der Waals surface area contributed by atoms with Crippen LogP contribution in [0.5, 0.6) is 0 Å². The van der Waals surface area contributed by atoms with Gasteiger partial charge in [0.15, 0.2) is 5.65 Å². The molecule has 2 aromatic heterocycles. The fraction of sp³-hybridized carbons (Fsp3) is 0.105. The van der Waals surface area contributed by atoms with Crippen LogP contribution in [-0.2, 0) is 4.79 Å². The lowest BCUT2D eigenvalue weighted by atomic mass is 10.1. The normalized spacial score (nSPS) is 12.2. The van der Waals surface area contributed by atoms with Crippen LogP contribution in [0.15, 0.2) is 53.7 Å². The minimum Gasteiger partial charge on any atom is -0.366 e. The second kappa shape index (κ2) is 7.28. The van der Waals surface area contributed by atoms with Crippen molar-refractivity contribution in [2.24, 2.45) is 5.73 Å². The number of nitrogens with two attached hydrogens (primary N) is 1. The van der Waals surface area contributed by atoms with Crippen LogP contribution >= 0.6 is 11.8 Å². The number of fused-ring (bicyclic) bond motifs is 3. The van der Waals surface area contributed by atoms with Crippen molar-refractivity contribution in [3.05, 3.63) is 54.1 Å². The van der Waals surface area contributed by atoms with E-state index >= 15 is 0 Å². The molecule has 0 saturated carbocycles. The first-order valence-electron chi connectivity index (χ1n) is 8.50. The molecule has 4 rings (SSSR count). The highest BCUT2D eigenvalue weighted by Crippen LogP contribution is 2.25. The number of nitrogens with one attached hydrogen (secondary N) is 2. The quantitative estimate of drug-likeness (QED) is 0.448. The molecule has 2 aromatic carbocycles. The highest BCUT2D eigenvalue weighted by atomic mass is 32.2. The zero-order valence-corrected chi connectivity index (χ0v) is 15.7. The van der Waals surface area contributed by atoms with Gasteiger partial charge in [-0.25, -0.2) is 4.98 Å². The molecular formula is C19H16N6O2S. The predicted octanol–water partition coefficient (Wildman–Crippen LogP) is 2.72. The third-order valence-electron chi connectivity index (χ3n) is 4.20. The van der Waals surface area contributed by atoms with Gasteiger partial charge in [-0.15, -0.1) is 10.2 Å². The summed E-state index contributed by atoms with van der Waals surface area (Å²) in [6.45, 7) is 1.73. The summed E-state index contributed by atoms with van der Waals surface area (Å²) in [7, 11) is 0. The molecule has 0 aliphatic heterocycles. The van der Waals surface area contributed by atoms with Gasteiger partial charge in [0, 0.05) is 10.9 Å². The zero-order chi connectivity index (χ0) is 19.7. The number of aromatic amines is 1. The first-order valence-corrected chi connectivity index (χ1v) is 9.38. The summed E-state index contributed by atoms with van der Waals surface area (Å²) in [5.41, 5.74) is 8.21. The van der Waals surface area contributed by atoms with Crippen LogP contribution in [0, 0.1) is 0 Å².